The van der Waals surface area contributed by atoms with Gasteiger partial charge in [-0.1, -0.05) is 30.3 Å². The fourth-order valence-corrected chi connectivity index (χ4v) is 2.54. The summed E-state index contributed by atoms with van der Waals surface area (Å²) in [6.07, 6.45) is 3.71. The number of hydrogen-bond acceptors (Lipinski definition) is 3. The molecule has 0 saturated heterocycles. The van der Waals surface area contributed by atoms with Crippen LogP contribution in [0.3, 0.4) is 0 Å². The Labute approximate surface area is 141 Å². The topological polar surface area (TPSA) is 47.4 Å². The van der Waals surface area contributed by atoms with Crippen molar-refractivity contribution in [3.63, 3.8) is 0 Å². The fraction of sp³-hybridized carbons (Fsp3) is 0.158. The molecule has 5 nitrogen and oxygen atoms in total. The lowest BCUT2D eigenvalue weighted by atomic mass is 10.1. The molecule has 0 unspecified atom stereocenters. The molecule has 0 aliphatic carbocycles. The number of carbonyl (C=O) groups is 1. The van der Waals surface area contributed by atoms with E-state index in [9.17, 15) is 4.79 Å². The first-order valence-electron chi connectivity index (χ1n) is 7.66. The van der Waals surface area contributed by atoms with Gasteiger partial charge in [-0.15, -0.1) is 0 Å². The molecular formula is C19H19N3O2. The van der Waals surface area contributed by atoms with Crippen molar-refractivity contribution in [2.45, 2.75) is 6.54 Å². The SMILES string of the molecule is COc1ccccc1C(=O)N(C)Cc1cnn(-c2ccccc2)c1. The maximum absolute atomic E-state index is 12.6. The number of carbonyl (C=O) groups excluding carboxylic acids is 1. The average molecular weight is 321 g/mol. The molecule has 0 spiro atoms. The van der Waals surface area contributed by atoms with Crippen LogP contribution in [0.2, 0.25) is 0 Å². The number of aromatic nitrogens is 2. The van der Waals surface area contributed by atoms with Crippen molar-refractivity contribution in [3.8, 4) is 11.4 Å². The van der Waals surface area contributed by atoms with Crippen LogP contribution in [0.5, 0.6) is 5.75 Å². The van der Waals surface area contributed by atoms with Crippen LogP contribution < -0.4 is 4.74 Å². The van der Waals surface area contributed by atoms with E-state index in [-0.39, 0.29) is 5.91 Å². The molecule has 0 radical (unpaired) electrons. The predicted octanol–water partition coefficient (Wildman–Crippen LogP) is 3.15. The number of rotatable bonds is 5. The summed E-state index contributed by atoms with van der Waals surface area (Å²) in [5, 5.41) is 4.36. The fourth-order valence-electron chi connectivity index (χ4n) is 2.54. The van der Waals surface area contributed by atoms with Gasteiger partial charge in [0.1, 0.15) is 5.75 Å². The van der Waals surface area contributed by atoms with Crippen LogP contribution in [0.25, 0.3) is 5.69 Å². The minimum Gasteiger partial charge on any atom is -0.496 e. The number of nitrogens with zero attached hydrogens (tertiary/aromatic N) is 3. The monoisotopic (exact) mass is 321 g/mol. The van der Waals surface area contributed by atoms with Crippen molar-refractivity contribution in [1.82, 2.24) is 14.7 Å². The molecule has 0 aliphatic heterocycles. The summed E-state index contributed by atoms with van der Waals surface area (Å²) < 4.78 is 7.07. The highest BCUT2D eigenvalue weighted by atomic mass is 16.5. The van der Waals surface area contributed by atoms with Gasteiger partial charge in [0.15, 0.2) is 0 Å². The third-order valence-corrected chi connectivity index (χ3v) is 3.76. The van der Waals surface area contributed by atoms with E-state index in [4.69, 9.17) is 4.74 Å². The third kappa shape index (κ3) is 3.30. The van der Waals surface area contributed by atoms with E-state index >= 15 is 0 Å². The Kier molecular flexibility index (Phi) is 4.61. The summed E-state index contributed by atoms with van der Waals surface area (Å²) in [6, 6.07) is 17.1. The Bertz CT molecular complexity index is 827. The van der Waals surface area contributed by atoms with Crippen LogP contribution in [-0.4, -0.2) is 34.7 Å². The summed E-state index contributed by atoms with van der Waals surface area (Å²) in [5.41, 5.74) is 2.50. The minimum atomic E-state index is -0.0834. The molecule has 0 N–H and O–H groups in total. The molecule has 1 amide bonds. The molecule has 0 fully saturated rings. The van der Waals surface area contributed by atoms with E-state index in [1.165, 1.54) is 0 Å². The first-order chi connectivity index (χ1) is 11.7. The van der Waals surface area contributed by atoms with Gasteiger partial charge in [-0.05, 0) is 24.3 Å². The lowest BCUT2D eigenvalue weighted by Gasteiger charge is -2.17. The Hall–Kier alpha value is -3.08. The van der Waals surface area contributed by atoms with E-state index in [0.717, 1.165) is 11.3 Å². The number of hydrogen-bond donors (Lipinski definition) is 0. The van der Waals surface area contributed by atoms with Gasteiger partial charge < -0.3 is 9.64 Å². The predicted molar refractivity (Wildman–Crippen MR) is 92.4 cm³/mol. The number of methoxy groups -OCH3 is 1. The van der Waals surface area contributed by atoms with Crippen molar-refractivity contribution >= 4 is 5.91 Å². The number of benzene rings is 2. The molecule has 3 aromatic rings. The van der Waals surface area contributed by atoms with E-state index in [1.54, 1.807) is 42.1 Å². The quantitative estimate of drug-likeness (QED) is 0.725. The van der Waals surface area contributed by atoms with Gasteiger partial charge in [-0.2, -0.15) is 5.10 Å². The summed E-state index contributed by atoms with van der Waals surface area (Å²) in [4.78, 5) is 14.3. The van der Waals surface area contributed by atoms with Crippen LogP contribution in [0.15, 0.2) is 67.0 Å². The molecule has 1 aromatic heterocycles. The zero-order valence-corrected chi connectivity index (χ0v) is 13.7. The smallest absolute Gasteiger partial charge is 0.257 e. The third-order valence-electron chi connectivity index (χ3n) is 3.76. The molecule has 122 valence electrons. The number of para-hydroxylation sites is 2. The Morgan fingerprint density at radius 2 is 1.83 bits per heavy atom. The van der Waals surface area contributed by atoms with Crippen molar-refractivity contribution in [2.75, 3.05) is 14.2 Å². The molecule has 1 heterocycles. The van der Waals surface area contributed by atoms with Crippen molar-refractivity contribution in [3.05, 3.63) is 78.1 Å². The maximum Gasteiger partial charge on any atom is 0.257 e. The van der Waals surface area contributed by atoms with E-state index in [2.05, 4.69) is 5.10 Å². The van der Waals surface area contributed by atoms with Gasteiger partial charge in [-0.25, -0.2) is 4.68 Å². The Morgan fingerprint density at radius 1 is 1.12 bits per heavy atom. The van der Waals surface area contributed by atoms with Crippen molar-refractivity contribution in [2.24, 2.45) is 0 Å². The zero-order chi connectivity index (χ0) is 16.9. The van der Waals surface area contributed by atoms with Crippen LogP contribution in [0.4, 0.5) is 0 Å². The molecule has 0 saturated carbocycles. The lowest BCUT2D eigenvalue weighted by molar-refractivity contribution is 0.0781. The van der Waals surface area contributed by atoms with Gasteiger partial charge in [0.25, 0.3) is 5.91 Å². The van der Waals surface area contributed by atoms with Crippen LogP contribution >= 0.6 is 0 Å². The molecule has 2 aromatic carbocycles. The van der Waals surface area contributed by atoms with Gasteiger partial charge in [0.05, 0.1) is 24.6 Å². The zero-order valence-electron chi connectivity index (χ0n) is 13.7. The van der Waals surface area contributed by atoms with E-state index < -0.39 is 0 Å². The maximum atomic E-state index is 12.6. The van der Waals surface area contributed by atoms with Gasteiger partial charge >= 0.3 is 0 Å². The molecule has 5 heteroatoms. The number of amides is 1. The molecule has 0 bridgehead atoms. The second kappa shape index (κ2) is 7.00. The Balaban J connectivity index is 1.74. The second-order valence-electron chi connectivity index (χ2n) is 5.49. The summed E-state index contributed by atoms with van der Waals surface area (Å²) in [6.45, 7) is 0.476. The van der Waals surface area contributed by atoms with Crippen molar-refractivity contribution < 1.29 is 9.53 Å². The van der Waals surface area contributed by atoms with Gasteiger partial charge in [-0.3, -0.25) is 4.79 Å². The number of ether oxygens (including phenoxy) is 1. The van der Waals surface area contributed by atoms with Crippen LogP contribution in [0, 0.1) is 0 Å². The van der Waals surface area contributed by atoms with Crippen molar-refractivity contribution in [1.29, 1.82) is 0 Å². The largest absolute Gasteiger partial charge is 0.496 e. The highest BCUT2D eigenvalue weighted by Gasteiger charge is 2.16. The van der Waals surface area contributed by atoms with E-state index in [0.29, 0.717) is 17.9 Å². The van der Waals surface area contributed by atoms with Gasteiger partial charge in [0.2, 0.25) is 0 Å². The summed E-state index contributed by atoms with van der Waals surface area (Å²) in [7, 11) is 3.34. The molecule has 3 rings (SSSR count). The minimum absolute atomic E-state index is 0.0834. The van der Waals surface area contributed by atoms with Gasteiger partial charge in [0, 0.05) is 25.4 Å². The molecule has 0 aliphatic rings. The normalized spacial score (nSPS) is 10.4. The molecule has 0 atom stereocenters. The van der Waals surface area contributed by atoms with Crippen LogP contribution in [0.1, 0.15) is 15.9 Å². The highest BCUT2D eigenvalue weighted by molar-refractivity contribution is 5.96. The highest BCUT2D eigenvalue weighted by Crippen LogP contribution is 2.19. The first-order valence-corrected chi connectivity index (χ1v) is 7.66. The Morgan fingerprint density at radius 3 is 2.58 bits per heavy atom. The van der Waals surface area contributed by atoms with E-state index in [1.807, 2.05) is 48.7 Å². The standard InChI is InChI=1S/C19H19N3O2/c1-21(19(23)17-10-6-7-11-18(17)24-2)13-15-12-20-22(14-15)16-8-4-3-5-9-16/h3-12,14H,13H2,1-2H3. The summed E-state index contributed by atoms with van der Waals surface area (Å²) >= 11 is 0. The first kappa shape index (κ1) is 15.8. The average Bonchev–Trinajstić information content (AvgIpc) is 3.10. The second-order valence-corrected chi connectivity index (χ2v) is 5.49. The summed E-state index contributed by atoms with van der Waals surface area (Å²) in [5.74, 6) is 0.495. The molecular weight excluding hydrogens is 302 g/mol. The van der Waals surface area contributed by atoms with Crippen LogP contribution in [-0.2, 0) is 6.54 Å². The lowest BCUT2D eigenvalue weighted by Crippen LogP contribution is -2.26. The molecule has 24 heavy (non-hydrogen) atoms.